The van der Waals surface area contributed by atoms with E-state index in [4.69, 9.17) is 4.74 Å². The quantitative estimate of drug-likeness (QED) is 0.365. The molecule has 3 heterocycles. The van der Waals surface area contributed by atoms with Gasteiger partial charge in [0.2, 0.25) is 0 Å². The van der Waals surface area contributed by atoms with Gasteiger partial charge in [-0.25, -0.2) is 13.5 Å². The summed E-state index contributed by atoms with van der Waals surface area (Å²) < 4.78 is 60.5. The molecule has 0 N–H and O–H groups in total. The van der Waals surface area contributed by atoms with Gasteiger partial charge in [0.15, 0.2) is 0 Å². The van der Waals surface area contributed by atoms with E-state index in [2.05, 4.69) is 33.1 Å². The van der Waals surface area contributed by atoms with Crippen molar-refractivity contribution in [2.45, 2.75) is 49.4 Å². The first-order chi connectivity index (χ1) is 19.9. The van der Waals surface area contributed by atoms with Gasteiger partial charge in [0.05, 0.1) is 17.5 Å². The molecule has 0 bridgehead atoms. The Balaban J connectivity index is 1.30. The molecule has 2 unspecified atom stereocenters. The van der Waals surface area contributed by atoms with E-state index in [1.165, 1.54) is 17.7 Å². The second-order valence-electron chi connectivity index (χ2n) is 11.8. The van der Waals surface area contributed by atoms with Gasteiger partial charge in [0.25, 0.3) is 0 Å². The van der Waals surface area contributed by atoms with Crippen LogP contribution in [0, 0.1) is 17.2 Å². The lowest BCUT2D eigenvalue weighted by atomic mass is 9.63. The molecular weight excluding hydrogens is 546 g/mol. The molecule has 1 saturated carbocycles. The normalized spacial score (nSPS) is 25.5. The van der Waals surface area contributed by atoms with Crippen LogP contribution in [-0.2, 0) is 22.2 Å². The largest absolute Gasteiger partial charge is 0.767 e. The molecule has 0 amide bonds. The standard InChI is InChI=1S/C31H34F2N4O3S/c1-40-29(20-5-6-20)31-17-27-28(37(34-30(27)41(38)39)24-9-7-22(32)8-10-24)15-21(31)11-13-36(19-31)26-4-2-3-25(16-26)35-14-12-23(33)18-35/h2-4,7-10,15-16,20,23,29H,5-6,11-14,17-19H2,1H3,(H,38,39)/p-1/t23-,29?,31-/m0/s1. The van der Waals surface area contributed by atoms with Crippen LogP contribution >= 0.6 is 0 Å². The highest BCUT2D eigenvalue weighted by Crippen LogP contribution is 2.54. The van der Waals surface area contributed by atoms with Crippen molar-refractivity contribution < 1.29 is 22.3 Å². The number of nitrogens with zero attached hydrogens (tertiary/aromatic N) is 4. The predicted molar refractivity (Wildman–Crippen MR) is 153 cm³/mol. The Bertz CT molecular complexity index is 1520. The van der Waals surface area contributed by atoms with Crippen molar-refractivity contribution in [3.05, 3.63) is 71.2 Å². The number of alkyl halides is 1. The van der Waals surface area contributed by atoms with Gasteiger partial charge < -0.3 is 19.1 Å². The zero-order valence-electron chi connectivity index (χ0n) is 23.0. The molecule has 1 aromatic heterocycles. The van der Waals surface area contributed by atoms with Crippen LogP contribution in [-0.4, -0.2) is 64.1 Å². The monoisotopic (exact) mass is 579 g/mol. The highest BCUT2D eigenvalue weighted by molar-refractivity contribution is 7.79. The minimum Gasteiger partial charge on any atom is -0.767 e. The van der Waals surface area contributed by atoms with Crippen molar-refractivity contribution >= 4 is 28.5 Å². The fraction of sp³-hybridized carbons (Fsp3) is 0.452. The van der Waals surface area contributed by atoms with Crippen LogP contribution in [0.25, 0.3) is 11.8 Å². The number of aromatic nitrogens is 2. The summed E-state index contributed by atoms with van der Waals surface area (Å²) >= 11 is -2.54. The second kappa shape index (κ2) is 10.3. The number of halogens is 2. The topological polar surface area (TPSA) is 73.7 Å². The van der Waals surface area contributed by atoms with E-state index < -0.39 is 22.7 Å². The Kier molecular flexibility index (Phi) is 6.75. The molecule has 216 valence electrons. The van der Waals surface area contributed by atoms with E-state index in [1.807, 2.05) is 12.1 Å². The zero-order valence-corrected chi connectivity index (χ0v) is 23.8. The Morgan fingerprint density at radius 3 is 2.49 bits per heavy atom. The molecule has 3 fully saturated rings. The third kappa shape index (κ3) is 4.70. The van der Waals surface area contributed by atoms with Crippen molar-refractivity contribution in [1.82, 2.24) is 9.78 Å². The first-order valence-electron chi connectivity index (χ1n) is 14.3. The summed E-state index contributed by atoms with van der Waals surface area (Å²) in [5.74, 6) is 0.0495. The summed E-state index contributed by atoms with van der Waals surface area (Å²) in [5.41, 5.74) is 4.93. The number of piperidine rings is 1. The number of ether oxygens (including phenoxy) is 1. The van der Waals surface area contributed by atoms with Gasteiger partial charge in [-0.3, -0.25) is 4.21 Å². The van der Waals surface area contributed by atoms with Gasteiger partial charge in [-0.05, 0) is 97.6 Å². The molecule has 7 nitrogen and oxygen atoms in total. The summed E-state index contributed by atoms with van der Waals surface area (Å²) in [4.78, 5) is 4.48. The molecule has 4 atom stereocenters. The minimum absolute atomic E-state index is 0.0265. The highest BCUT2D eigenvalue weighted by Gasteiger charge is 2.54. The van der Waals surface area contributed by atoms with Crippen LogP contribution in [0.5, 0.6) is 0 Å². The van der Waals surface area contributed by atoms with E-state index in [0.717, 1.165) is 42.9 Å². The highest BCUT2D eigenvalue weighted by atomic mass is 32.2. The predicted octanol–water partition coefficient (Wildman–Crippen LogP) is 5.06. The van der Waals surface area contributed by atoms with Crippen LogP contribution in [0.15, 0.2) is 59.1 Å². The maximum Gasteiger partial charge on any atom is 0.139 e. The van der Waals surface area contributed by atoms with Crippen molar-refractivity contribution in [3.63, 3.8) is 0 Å². The number of rotatable bonds is 7. The van der Waals surface area contributed by atoms with Crippen molar-refractivity contribution in [2.75, 3.05) is 43.1 Å². The van der Waals surface area contributed by atoms with Crippen LogP contribution in [0.1, 0.15) is 36.9 Å². The molecule has 0 radical (unpaired) electrons. The van der Waals surface area contributed by atoms with Crippen molar-refractivity contribution in [3.8, 4) is 5.69 Å². The minimum atomic E-state index is -2.54. The van der Waals surface area contributed by atoms with Crippen LogP contribution in [0.2, 0.25) is 0 Å². The van der Waals surface area contributed by atoms with E-state index in [-0.39, 0.29) is 16.9 Å². The van der Waals surface area contributed by atoms with Crippen LogP contribution < -0.4 is 9.80 Å². The Hall–Kier alpha value is -3.08. The van der Waals surface area contributed by atoms with E-state index in [9.17, 15) is 17.5 Å². The maximum atomic E-state index is 14.0. The fourth-order valence-electron chi connectivity index (χ4n) is 7.26. The first-order valence-corrected chi connectivity index (χ1v) is 15.4. The lowest BCUT2D eigenvalue weighted by molar-refractivity contribution is -0.0109. The second-order valence-corrected chi connectivity index (χ2v) is 12.7. The zero-order chi connectivity index (χ0) is 28.3. The third-order valence-corrected chi connectivity index (χ3v) is 9.97. The molecule has 2 aliphatic carbocycles. The first kappa shape index (κ1) is 26.8. The van der Waals surface area contributed by atoms with E-state index in [0.29, 0.717) is 49.6 Å². The molecule has 2 aliphatic heterocycles. The maximum absolute atomic E-state index is 14.0. The summed E-state index contributed by atoms with van der Waals surface area (Å²) in [6, 6.07) is 14.3. The molecule has 3 aromatic rings. The summed E-state index contributed by atoms with van der Waals surface area (Å²) in [5, 5.41) is 4.54. The molecule has 0 spiro atoms. The molecule has 4 aliphatic rings. The third-order valence-electron chi connectivity index (χ3n) is 9.32. The molecule has 10 heteroatoms. The number of methoxy groups -OCH3 is 1. The lowest BCUT2D eigenvalue weighted by Crippen LogP contribution is -2.55. The van der Waals surface area contributed by atoms with Gasteiger partial charge >= 0.3 is 0 Å². The van der Waals surface area contributed by atoms with Crippen molar-refractivity contribution in [2.24, 2.45) is 11.3 Å². The van der Waals surface area contributed by atoms with Crippen LogP contribution in [0.4, 0.5) is 20.2 Å². The molecule has 41 heavy (non-hydrogen) atoms. The average molecular weight is 580 g/mol. The van der Waals surface area contributed by atoms with Gasteiger partial charge in [-0.1, -0.05) is 11.6 Å². The average Bonchev–Trinajstić information content (AvgIpc) is 3.60. The summed E-state index contributed by atoms with van der Waals surface area (Å²) in [7, 11) is 1.76. The van der Waals surface area contributed by atoms with Gasteiger partial charge in [-0.15, -0.1) is 0 Å². The van der Waals surface area contributed by atoms with Gasteiger partial charge in [0.1, 0.15) is 17.0 Å². The van der Waals surface area contributed by atoms with Gasteiger partial charge in [0, 0.05) is 55.6 Å². The Morgan fingerprint density at radius 2 is 1.83 bits per heavy atom. The Morgan fingerprint density at radius 1 is 1.07 bits per heavy atom. The SMILES string of the molecule is COC(C1CC1)[C@]12Cc3c(S(=O)[O-])nn(-c4ccc(F)cc4)c3C=C1CCN(c1cccc(N3CC[C@H](F)C3)c1)C2. The summed E-state index contributed by atoms with van der Waals surface area (Å²) in [6.45, 7) is 2.60. The number of hydrogen-bond acceptors (Lipinski definition) is 6. The number of fused-ring (bicyclic) bond motifs is 2. The van der Waals surface area contributed by atoms with Crippen LogP contribution in [0.3, 0.4) is 0 Å². The molecule has 7 rings (SSSR count). The molecule has 2 aromatic carbocycles. The number of hydrogen-bond donors (Lipinski definition) is 0. The lowest BCUT2D eigenvalue weighted by Gasteiger charge is -2.51. The van der Waals surface area contributed by atoms with E-state index >= 15 is 0 Å². The summed E-state index contributed by atoms with van der Waals surface area (Å²) in [6.07, 6.45) is 5.25. The number of anilines is 2. The molecule has 2 saturated heterocycles. The van der Waals surface area contributed by atoms with E-state index in [1.54, 1.807) is 23.9 Å². The smallest absolute Gasteiger partial charge is 0.139 e. The number of benzene rings is 2. The Labute approximate surface area is 241 Å². The van der Waals surface area contributed by atoms with Gasteiger partial charge in [-0.2, -0.15) is 5.10 Å². The van der Waals surface area contributed by atoms with Crippen molar-refractivity contribution in [1.29, 1.82) is 0 Å². The fourth-order valence-corrected chi connectivity index (χ4v) is 7.79. The molecular formula is C31H33F2N4O3S-.